The molecule has 0 unspecified atom stereocenters. The third-order valence-electron chi connectivity index (χ3n) is 4.97. The summed E-state index contributed by atoms with van der Waals surface area (Å²) in [5, 5.41) is 0. The van der Waals surface area contributed by atoms with Crippen LogP contribution in [0.15, 0.2) is 54.6 Å². The molecule has 0 N–H and O–H groups in total. The number of hydrogen-bond donors (Lipinski definition) is 0. The molecule has 4 rings (SSSR count). The van der Waals surface area contributed by atoms with E-state index in [1.807, 2.05) is 0 Å². The molecule has 1 aliphatic carbocycles. The molecule has 1 heterocycles. The second kappa shape index (κ2) is 4.97. The molecule has 2 atom stereocenters. The van der Waals surface area contributed by atoms with Gasteiger partial charge in [-0.05, 0) is 30.0 Å². The summed E-state index contributed by atoms with van der Waals surface area (Å²) in [6, 6.07) is 20.7. The summed E-state index contributed by atoms with van der Waals surface area (Å²) in [5.41, 5.74) is 4.50. The highest BCUT2D eigenvalue weighted by Crippen LogP contribution is 2.48. The molecule has 2 aliphatic rings. The van der Waals surface area contributed by atoms with Gasteiger partial charge in [-0.25, -0.2) is 0 Å². The summed E-state index contributed by atoms with van der Waals surface area (Å²) in [6.45, 7) is 1.05. The maximum absolute atomic E-state index is 2.66. The third-order valence-corrected chi connectivity index (χ3v) is 4.97. The van der Waals surface area contributed by atoms with E-state index >= 15 is 0 Å². The lowest BCUT2D eigenvalue weighted by Gasteiger charge is -2.33. The summed E-state index contributed by atoms with van der Waals surface area (Å²) < 4.78 is 0. The van der Waals surface area contributed by atoms with E-state index in [0.717, 1.165) is 18.5 Å². The second-order valence-electron chi connectivity index (χ2n) is 6.13. The van der Waals surface area contributed by atoms with Crippen LogP contribution in [0.2, 0.25) is 0 Å². The Kier molecular flexibility index (Phi) is 2.99. The lowest BCUT2D eigenvalue weighted by molar-refractivity contribution is 0.385. The minimum absolute atomic E-state index is 0.723. The minimum atomic E-state index is 0.723. The van der Waals surface area contributed by atoms with Crippen molar-refractivity contribution >= 4 is 5.69 Å². The van der Waals surface area contributed by atoms with E-state index in [4.69, 9.17) is 0 Å². The summed E-state index contributed by atoms with van der Waals surface area (Å²) in [6.07, 6.45) is 5.51. The Morgan fingerprint density at radius 3 is 2.50 bits per heavy atom. The van der Waals surface area contributed by atoms with E-state index in [2.05, 4.69) is 59.5 Å². The van der Waals surface area contributed by atoms with Crippen molar-refractivity contribution in [2.75, 3.05) is 4.90 Å². The highest BCUT2D eigenvalue weighted by Gasteiger charge is 2.39. The van der Waals surface area contributed by atoms with Gasteiger partial charge in [-0.3, -0.25) is 0 Å². The average Bonchev–Trinajstić information content (AvgIpc) is 2.84. The van der Waals surface area contributed by atoms with Crippen molar-refractivity contribution in [3.05, 3.63) is 65.7 Å². The van der Waals surface area contributed by atoms with Crippen molar-refractivity contribution in [3.63, 3.8) is 0 Å². The zero-order valence-electron chi connectivity index (χ0n) is 11.8. The highest BCUT2D eigenvalue weighted by atomic mass is 15.2. The molecule has 0 spiro atoms. The normalized spacial score (nSPS) is 24.3. The highest BCUT2D eigenvalue weighted by molar-refractivity contribution is 5.62. The fraction of sp³-hybridized carbons (Fsp3) is 0.368. The van der Waals surface area contributed by atoms with Gasteiger partial charge in [0.2, 0.25) is 0 Å². The molecule has 1 fully saturated rings. The number of anilines is 1. The largest absolute Gasteiger partial charge is 0.363 e. The van der Waals surface area contributed by atoms with Gasteiger partial charge < -0.3 is 4.90 Å². The first-order valence-corrected chi connectivity index (χ1v) is 7.83. The lowest BCUT2D eigenvalue weighted by Crippen LogP contribution is -2.35. The quantitative estimate of drug-likeness (QED) is 0.757. The topological polar surface area (TPSA) is 3.24 Å². The Morgan fingerprint density at radius 1 is 0.850 bits per heavy atom. The average molecular weight is 263 g/mol. The summed E-state index contributed by atoms with van der Waals surface area (Å²) in [4.78, 5) is 2.66. The Bertz CT molecular complexity index is 590. The maximum Gasteiger partial charge on any atom is 0.0432 e. The monoisotopic (exact) mass is 263 g/mol. The predicted molar refractivity (Wildman–Crippen MR) is 84.1 cm³/mol. The van der Waals surface area contributed by atoms with E-state index in [9.17, 15) is 0 Å². The van der Waals surface area contributed by atoms with Crippen LogP contribution in [0.4, 0.5) is 5.69 Å². The maximum atomic E-state index is 2.66. The van der Waals surface area contributed by atoms with Crippen LogP contribution in [0.1, 0.15) is 42.7 Å². The van der Waals surface area contributed by atoms with E-state index in [1.54, 1.807) is 5.56 Å². The van der Waals surface area contributed by atoms with Crippen molar-refractivity contribution in [3.8, 4) is 0 Å². The summed E-state index contributed by atoms with van der Waals surface area (Å²) >= 11 is 0. The molecule has 0 saturated heterocycles. The molecule has 2 aromatic carbocycles. The SMILES string of the molecule is c1ccc(CN2c3ccccc3[C@H]3CCCC[C@H]32)cc1. The number of benzene rings is 2. The number of nitrogens with zero attached hydrogens (tertiary/aromatic N) is 1. The molecular weight excluding hydrogens is 242 g/mol. The van der Waals surface area contributed by atoms with Gasteiger partial charge in [-0.2, -0.15) is 0 Å². The molecule has 1 saturated carbocycles. The third kappa shape index (κ3) is 1.93. The van der Waals surface area contributed by atoms with E-state index in [1.165, 1.54) is 36.9 Å². The fourth-order valence-electron chi connectivity index (χ4n) is 4.07. The standard InChI is InChI=1S/C19H21N/c1-2-8-15(9-3-1)14-20-18-12-6-4-10-16(18)17-11-5-7-13-19(17)20/h1-4,6,8-10,12,17,19H,5,7,11,13-14H2/t17-,19-/m1/s1. The van der Waals surface area contributed by atoms with Gasteiger partial charge in [0.1, 0.15) is 0 Å². The first-order valence-electron chi connectivity index (χ1n) is 7.83. The molecule has 102 valence electrons. The van der Waals surface area contributed by atoms with Crippen LogP contribution >= 0.6 is 0 Å². The number of para-hydroxylation sites is 1. The summed E-state index contributed by atoms with van der Waals surface area (Å²) in [7, 11) is 0. The molecule has 1 aliphatic heterocycles. The molecule has 1 nitrogen and oxygen atoms in total. The van der Waals surface area contributed by atoms with Gasteiger partial charge in [0.05, 0.1) is 0 Å². The molecule has 2 aromatic rings. The van der Waals surface area contributed by atoms with Crippen LogP contribution in [0.25, 0.3) is 0 Å². The zero-order valence-corrected chi connectivity index (χ0v) is 11.8. The van der Waals surface area contributed by atoms with Crippen LogP contribution in [0.3, 0.4) is 0 Å². The van der Waals surface area contributed by atoms with Crippen molar-refractivity contribution in [2.24, 2.45) is 0 Å². The van der Waals surface area contributed by atoms with Crippen LogP contribution in [0, 0.1) is 0 Å². The van der Waals surface area contributed by atoms with Crippen molar-refractivity contribution in [2.45, 2.75) is 44.2 Å². The van der Waals surface area contributed by atoms with Gasteiger partial charge in [0, 0.05) is 24.2 Å². The fourth-order valence-corrected chi connectivity index (χ4v) is 4.07. The van der Waals surface area contributed by atoms with Gasteiger partial charge in [-0.15, -0.1) is 0 Å². The first kappa shape index (κ1) is 12.0. The molecule has 0 amide bonds. The Labute approximate surface area is 121 Å². The molecule has 0 radical (unpaired) electrons. The second-order valence-corrected chi connectivity index (χ2v) is 6.13. The molecule has 0 bridgehead atoms. The Morgan fingerprint density at radius 2 is 1.60 bits per heavy atom. The molecule has 20 heavy (non-hydrogen) atoms. The first-order chi connectivity index (χ1) is 9.93. The van der Waals surface area contributed by atoms with Gasteiger partial charge in [0.15, 0.2) is 0 Å². The van der Waals surface area contributed by atoms with Crippen molar-refractivity contribution < 1.29 is 0 Å². The smallest absolute Gasteiger partial charge is 0.0432 e. The van der Waals surface area contributed by atoms with Crippen molar-refractivity contribution in [1.82, 2.24) is 0 Å². The van der Waals surface area contributed by atoms with E-state index in [0.29, 0.717) is 0 Å². The number of fused-ring (bicyclic) bond motifs is 3. The number of rotatable bonds is 2. The molecule has 0 aromatic heterocycles. The predicted octanol–water partition coefficient (Wildman–Crippen LogP) is 4.73. The van der Waals surface area contributed by atoms with Gasteiger partial charge in [-0.1, -0.05) is 61.4 Å². The summed E-state index contributed by atoms with van der Waals surface area (Å²) in [5.74, 6) is 0.767. The Balaban J connectivity index is 1.70. The molecular formula is C19H21N. The van der Waals surface area contributed by atoms with Crippen LogP contribution in [-0.2, 0) is 6.54 Å². The van der Waals surface area contributed by atoms with E-state index in [-0.39, 0.29) is 0 Å². The van der Waals surface area contributed by atoms with E-state index < -0.39 is 0 Å². The van der Waals surface area contributed by atoms with Gasteiger partial charge >= 0.3 is 0 Å². The van der Waals surface area contributed by atoms with Crippen molar-refractivity contribution in [1.29, 1.82) is 0 Å². The lowest BCUT2D eigenvalue weighted by atomic mass is 9.82. The number of hydrogen-bond acceptors (Lipinski definition) is 1. The van der Waals surface area contributed by atoms with Crippen LogP contribution < -0.4 is 4.90 Å². The Hall–Kier alpha value is -1.76. The van der Waals surface area contributed by atoms with Crippen LogP contribution in [0.5, 0.6) is 0 Å². The van der Waals surface area contributed by atoms with Crippen LogP contribution in [-0.4, -0.2) is 6.04 Å². The zero-order chi connectivity index (χ0) is 13.4. The minimum Gasteiger partial charge on any atom is -0.363 e. The van der Waals surface area contributed by atoms with Gasteiger partial charge in [0.25, 0.3) is 0 Å². The molecule has 1 heteroatoms.